The first-order valence-electron chi connectivity index (χ1n) is 3.42. The number of hydrogen-bond donors (Lipinski definition) is 1. The Morgan fingerprint density at radius 2 is 2.08 bits per heavy atom. The molecular formula is C8H8O3S. The monoisotopic (exact) mass is 184 g/mol. The Bertz CT molecular complexity index is 276. The van der Waals surface area contributed by atoms with Gasteiger partial charge in [-0.05, 0) is 19.1 Å². The van der Waals surface area contributed by atoms with Crippen LogP contribution in [0.4, 0.5) is 0 Å². The number of thioether (sulfide) groups is 1. The van der Waals surface area contributed by atoms with Gasteiger partial charge in [0.15, 0.2) is 11.6 Å². The van der Waals surface area contributed by atoms with Gasteiger partial charge in [-0.2, -0.15) is 0 Å². The normalized spacial score (nSPS) is 19.3. The van der Waals surface area contributed by atoms with E-state index in [9.17, 15) is 9.59 Å². The summed E-state index contributed by atoms with van der Waals surface area (Å²) in [5, 5.41) is 8.94. The minimum Gasteiger partial charge on any atom is -0.382 e. The lowest BCUT2D eigenvalue weighted by Gasteiger charge is -2.07. The standard InChI is InChI=1S/C8H8O3S/c1-5(9)12-8-4-6(10)2-3-7(8)11/h2-5,9H,1H3. The predicted molar refractivity (Wildman–Crippen MR) is 46.5 cm³/mol. The highest BCUT2D eigenvalue weighted by atomic mass is 32.2. The molecule has 1 aliphatic carbocycles. The van der Waals surface area contributed by atoms with Crippen LogP contribution in [0.25, 0.3) is 0 Å². The van der Waals surface area contributed by atoms with Crippen molar-refractivity contribution in [2.75, 3.05) is 0 Å². The van der Waals surface area contributed by atoms with Crippen LogP contribution in [0.1, 0.15) is 6.92 Å². The quantitative estimate of drug-likeness (QED) is 0.505. The second-order valence-corrected chi connectivity index (χ2v) is 3.68. The molecule has 1 N–H and O–H groups in total. The van der Waals surface area contributed by atoms with Crippen molar-refractivity contribution in [3.8, 4) is 0 Å². The highest BCUT2D eigenvalue weighted by molar-refractivity contribution is 8.04. The number of allylic oxidation sites excluding steroid dienone is 4. The summed E-state index contributed by atoms with van der Waals surface area (Å²) in [4.78, 5) is 22.1. The number of aliphatic hydroxyl groups excluding tert-OH is 1. The lowest BCUT2D eigenvalue weighted by molar-refractivity contribution is -0.114. The van der Waals surface area contributed by atoms with Gasteiger partial charge in [0.25, 0.3) is 0 Å². The van der Waals surface area contributed by atoms with Crippen molar-refractivity contribution in [1.82, 2.24) is 0 Å². The molecule has 0 heterocycles. The number of carbonyl (C=O) groups excluding carboxylic acids is 2. The average molecular weight is 184 g/mol. The molecule has 3 nitrogen and oxygen atoms in total. The van der Waals surface area contributed by atoms with Crippen molar-refractivity contribution in [3.05, 3.63) is 23.1 Å². The van der Waals surface area contributed by atoms with Crippen LogP contribution >= 0.6 is 11.8 Å². The maximum atomic E-state index is 11.0. The lowest BCUT2D eigenvalue weighted by Crippen LogP contribution is -2.07. The smallest absolute Gasteiger partial charge is 0.192 e. The number of aliphatic hydroxyl groups is 1. The fraction of sp³-hybridized carbons (Fsp3) is 0.250. The van der Waals surface area contributed by atoms with E-state index in [2.05, 4.69) is 0 Å². The van der Waals surface area contributed by atoms with Crippen LogP contribution in [0.2, 0.25) is 0 Å². The third-order valence-corrected chi connectivity index (χ3v) is 2.13. The van der Waals surface area contributed by atoms with Crippen LogP contribution in [0.3, 0.4) is 0 Å². The number of rotatable bonds is 2. The Hall–Kier alpha value is -0.870. The van der Waals surface area contributed by atoms with Gasteiger partial charge in [0.2, 0.25) is 0 Å². The van der Waals surface area contributed by atoms with Crippen LogP contribution in [0, 0.1) is 0 Å². The van der Waals surface area contributed by atoms with Crippen LogP contribution in [-0.4, -0.2) is 22.1 Å². The molecule has 0 aromatic heterocycles. The van der Waals surface area contributed by atoms with Gasteiger partial charge in [-0.25, -0.2) is 0 Å². The Kier molecular flexibility index (Phi) is 2.83. The summed E-state index contributed by atoms with van der Waals surface area (Å²) < 4.78 is 0. The van der Waals surface area contributed by atoms with Crippen molar-refractivity contribution in [2.24, 2.45) is 0 Å². The first-order valence-corrected chi connectivity index (χ1v) is 4.30. The third-order valence-electron chi connectivity index (χ3n) is 1.21. The highest BCUT2D eigenvalue weighted by Crippen LogP contribution is 2.23. The zero-order chi connectivity index (χ0) is 9.14. The molecule has 1 rings (SSSR count). The second kappa shape index (κ2) is 3.69. The number of ketones is 2. The molecule has 0 aromatic carbocycles. The molecule has 12 heavy (non-hydrogen) atoms. The summed E-state index contributed by atoms with van der Waals surface area (Å²) in [6.45, 7) is 1.54. The van der Waals surface area contributed by atoms with Crippen molar-refractivity contribution < 1.29 is 14.7 Å². The fourth-order valence-corrected chi connectivity index (χ4v) is 1.50. The highest BCUT2D eigenvalue weighted by Gasteiger charge is 2.15. The zero-order valence-electron chi connectivity index (χ0n) is 6.48. The molecule has 64 valence electrons. The van der Waals surface area contributed by atoms with E-state index in [1.807, 2.05) is 0 Å². The van der Waals surface area contributed by atoms with Gasteiger partial charge in [0, 0.05) is 6.08 Å². The molecule has 0 radical (unpaired) electrons. The molecule has 0 aliphatic heterocycles. The molecule has 0 saturated heterocycles. The summed E-state index contributed by atoms with van der Waals surface area (Å²) in [5.41, 5.74) is -0.667. The molecule has 0 bridgehead atoms. The van der Waals surface area contributed by atoms with Crippen molar-refractivity contribution in [3.63, 3.8) is 0 Å². The molecule has 1 unspecified atom stereocenters. The summed E-state index contributed by atoms with van der Waals surface area (Å²) in [6, 6.07) is 0. The molecule has 0 amide bonds. The van der Waals surface area contributed by atoms with E-state index in [0.717, 1.165) is 11.8 Å². The van der Waals surface area contributed by atoms with Crippen LogP contribution in [-0.2, 0) is 9.59 Å². The van der Waals surface area contributed by atoms with Gasteiger partial charge in [0.1, 0.15) is 5.44 Å². The minimum atomic E-state index is -0.667. The minimum absolute atomic E-state index is 0.210. The fourth-order valence-electron chi connectivity index (χ4n) is 0.764. The van der Waals surface area contributed by atoms with Gasteiger partial charge < -0.3 is 5.11 Å². The first kappa shape index (κ1) is 9.22. The van der Waals surface area contributed by atoms with E-state index in [-0.39, 0.29) is 11.6 Å². The van der Waals surface area contributed by atoms with Crippen LogP contribution < -0.4 is 0 Å². The molecule has 0 aromatic rings. The summed E-state index contributed by atoms with van der Waals surface area (Å²) in [7, 11) is 0. The third kappa shape index (κ3) is 2.32. The van der Waals surface area contributed by atoms with Crippen LogP contribution in [0.5, 0.6) is 0 Å². The lowest BCUT2D eigenvalue weighted by atomic mass is 10.2. The molecule has 0 spiro atoms. The van der Waals surface area contributed by atoms with Gasteiger partial charge in [-0.15, -0.1) is 0 Å². The maximum absolute atomic E-state index is 11.0. The van der Waals surface area contributed by atoms with E-state index >= 15 is 0 Å². The topological polar surface area (TPSA) is 54.4 Å². The van der Waals surface area contributed by atoms with Gasteiger partial charge in [-0.1, -0.05) is 11.8 Å². The molecule has 4 heteroatoms. The molecule has 1 atom stereocenters. The van der Waals surface area contributed by atoms with Crippen molar-refractivity contribution in [2.45, 2.75) is 12.4 Å². The van der Waals surface area contributed by atoms with Crippen molar-refractivity contribution in [1.29, 1.82) is 0 Å². The largest absolute Gasteiger partial charge is 0.382 e. The Morgan fingerprint density at radius 1 is 1.42 bits per heavy atom. The Balaban J connectivity index is 2.75. The first-order chi connectivity index (χ1) is 5.59. The van der Waals surface area contributed by atoms with E-state index < -0.39 is 5.44 Å². The summed E-state index contributed by atoms with van der Waals surface area (Å²) in [6.07, 6.45) is 3.67. The maximum Gasteiger partial charge on any atom is 0.192 e. The van der Waals surface area contributed by atoms with Crippen LogP contribution in [0.15, 0.2) is 23.1 Å². The summed E-state index contributed by atoms with van der Waals surface area (Å²) >= 11 is 0.982. The SMILES string of the molecule is CC(O)SC1=CC(=O)C=CC1=O. The molecular weight excluding hydrogens is 176 g/mol. The van der Waals surface area contributed by atoms with E-state index in [1.54, 1.807) is 6.92 Å². The average Bonchev–Trinajstić information content (AvgIpc) is 1.96. The second-order valence-electron chi connectivity index (χ2n) is 2.33. The van der Waals surface area contributed by atoms with E-state index in [0.29, 0.717) is 4.91 Å². The zero-order valence-corrected chi connectivity index (χ0v) is 7.30. The van der Waals surface area contributed by atoms with E-state index in [1.165, 1.54) is 18.2 Å². The van der Waals surface area contributed by atoms with Gasteiger partial charge >= 0.3 is 0 Å². The molecule has 1 aliphatic rings. The van der Waals surface area contributed by atoms with Gasteiger partial charge in [0.05, 0.1) is 4.91 Å². The molecule has 0 fully saturated rings. The number of hydrogen-bond acceptors (Lipinski definition) is 4. The Labute approximate surface area is 74.1 Å². The summed E-state index contributed by atoms with van der Waals surface area (Å²) in [5.74, 6) is -0.432. The van der Waals surface area contributed by atoms with Crippen molar-refractivity contribution >= 4 is 23.3 Å². The predicted octanol–water partition coefficient (Wildman–Crippen LogP) is 0.650. The van der Waals surface area contributed by atoms with Gasteiger partial charge in [-0.3, -0.25) is 9.59 Å². The molecule has 0 saturated carbocycles. The van der Waals surface area contributed by atoms with E-state index in [4.69, 9.17) is 5.11 Å². The Morgan fingerprint density at radius 3 is 2.67 bits per heavy atom. The number of carbonyl (C=O) groups is 2.